The Hall–Kier alpha value is -2.03. The summed E-state index contributed by atoms with van der Waals surface area (Å²) >= 11 is 0. The van der Waals surface area contributed by atoms with E-state index in [1.165, 1.54) is 6.07 Å². The second-order valence-electron chi connectivity index (χ2n) is 4.93. The van der Waals surface area contributed by atoms with E-state index in [0.29, 0.717) is 0 Å². The maximum atomic E-state index is 13.1. The second-order valence-corrected chi connectivity index (χ2v) is 4.93. The van der Waals surface area contributed by atoms with E-state index in [1.807, 2.05) is 24.3 Å². The van der Waals surface area contributed by atoms with Crippen molar-refractivity contribution in [1.82, 2.24) is 0 Å². The van der Waals surface area contributed by atoms with Crippen molar-refractivity contribution in [2.45, 2.75) is 25.4 Å². The number of ether oxygens (including phenoxy) is 1. The number of fused-ring (bicyclic) bond motifs is 1. The number of nitrogen functional groups attached to an aromatic ring is 1. The van der Waals surface area contributed by atoms with E-state index in [4.69, 9.17) is 10.5 Å². The van der Waals surface area contributed by atoms with Crippen LogP contribution in [-0.4, -0.2) is 6.10 Å². The molecule has 0 saturated heterocycles. The molecule has 0 fully saturated rings. The first-order valence-electron chi connectivity index (χ1n) is 6.51. The highest BCUT2D eigenvalue weighted by Crippen LogP contribution is 2.30. The minimum absolute atomic E-state index is 0.114. The van der Waals surface area contributed by atoms with Crippen molar-refractivity contribution < 1.29 is 9.13 Å². The van der Waals surface area contributed by atoms with Gasteiger partial charge >= 0.3 is 0 Å². The van der Waals surface area contributed by atoms with Crippen LogP contribution in [0.4, 0.5) is 10.1 Å². The molecule has 98 valence electrons. The monoisotopic (exact) mass is 257 g/mol. The van der Waals surface area contributed by atoms with Gasteiger partial charge in [-0.1, -0.05) is 18.2 Å². The Balaban J connectivity index is 1.76. The first-order valence-corrected chi connectivity index (χ1v) is 6.51. The van der Waals surface area contributed by atoms with E-state index in [2.05, 4.69) is 0 Å². The highest BCUT2D eigenvalue weighted by molar-refractivity contribution is 5.47. The van der Waals surface area contributed by atoms with Crippen molar-refractivity contribution >= 4 is 5.69 Å². The molecule has 3 rings (SSSR count). The van der Waals surface area contributed by atoms with E-state index in [1.54, 1.807) is 12.1 Å². The van der Waals surface area contributed by atoms with E-state index in [0.717, 1.165) is 41.8 Å². The van der Waals surface area contributed by atoms with Crippen LogP contribution in [0.2, 0.25) is 0 Å². The highest BCUT2D eigenvalue weighted by Gasteiger charge is 2.20. The van der Waals surface area contributed by atoms with Gasteiger partial charge in [0.05, 0.1) is 0 Å². The molecule has 1 aliphatic rings. The maximum absolute atomic E-state index is 13.1. The summed E-state index contributed by atoms with van der Waals surface area (Å²) in [5.74, 6) is 0.597. The Kier molecular flexibility index (Phi) is 3.11. The van der Waals surface area contributed by atoms with Gasteiger partial charge in [-0.3, -0.25) is 0 Å². The minimum Gasteiger partial charge on any atom is -0.490 e. The first kappa shape index (κ1) is 12.0. The van der Waals surface area contributed by atoms with Crippen LogP contribution in [0.15, 0.2) is 42.5 Å². The molecule has 0 radical (unpaired) electrons. The summed E-state index contributed by atoms with van der Waals surface area (Å²) in [4.78, 5) is 0. The van der Waals surface area contributed by atoms with Crippen LogP contribution in [-0.2, 0) is 12.8 Å². The van der Waals surface area contributed by atoms with Gasteiger partial charge in [0.15, 0.2) is 0 Å². The van der Waals surface area contributed by atoms with Crippen LogP contribution in [0.1, 0.15) is 17.5 Å². The molecule has 0 aliphatic carbocycles. The molecule has 0 aromatic heterocycles. The molecule has 2 aromatic rings. The van der Waals surface area contributed by atoms with Gasteiger partial charge in [-0.05, 0) is 48.2 Å². The third kappa shape index (κ3) is 2.55. The van der Waals surface area contributed by atoms with Crippen molar-refractivity contribution in [2.24, 2.45) is 0 Å². The van der Waals surface area contributed by atoms with Crippen molar-refractivity contribution in [1.29, 1.82) is 0 Å². The molecule has 2 aromatic carbocycles. The number of benzene rings is 2. The normalized spacial score (nSPS) is 17.6. The fourth-order valence-corrected chi connectivity index (χ4v) is 2.52. The lowest BCUT2D eigenvalue weighted by atomic mass is 9.97. The fraction of sp³-hybridized carbons (Fsp3) is 0.250. The van der Waals surface area contributed by atoms with Gasteiger partial charge < -0.3 is 10.5 Å². The van der Waals surface area contributed by atoms with E-state index in [9.17, 15) is 4.39 Å². The number of halogens is 1. The van der Waals surface area contributed by atoms with Crippen molar-refractivity contribution in [2.75, 3.05) is 5.73 Å². The van der Waals surface area contributed by atoms with Crippen molar-refractivity contribution in [3.63, 3.8) is 0 Å². The fourth-order valence-electron chi connectivity index (χ4n) is 2.52. The third-order valence-electron chi connectivity index (χ3n) is 3.55. The largest absolute Gasteiger partial charge is 0.490 e. The topological polar surface area (TPSA) is 35.2 Å². The van der Waals surface area contributed by atoms with Crippen molar-refractivity contribution in [3.05, 3.63) is 59.4 Å². The molecule has 19 heavy (non-hydrogen) atoms. The van der Waals surface area contributed by atoms with Crippen LogP contribution in [0.25, 0.3) is 0 Å². The van der Waals surface area contributed by atoms with Gasteiger partial charge in [-0.15, -0.1) is 0 Å². The van der Waals surface area contributed by atoms with Gasteiger partial charge in [0, 0.05) is 12.1 Å². The number of para-hydroxylation sites is 1. The van der Waals surface area contributed by atoms with Gasteiger partial charge in [0.25, 0.3) is 0 Å². The second kappa shape index (κ2) is 4.92. The molecule has 0 amide bonds. The Morgan fingerprint density at radius 3 is 2.89 bits per heavy atom. The average Bonchev–Trinajstić information content (AvgIpc) is 2.41. The van der Waals surface area contributed by atoms with Crippen molar-refractivity contribution in [3.8, 4) is 5.75 Å². The van der Waals surface area contributed by atoms with E-state index >= 15 is 0 Å². The number of nitrogens with two attached hydrogens (primary N) is 1. The predicted molar refractivity (Wildman–Crippen MR) is 73.7 cm³/mol. The van der Waals surface area contributed by atoms with E-state index < -0.39 is 0 Å². The smallest absolute Gasteiger partial charge is 0.123 e. The molecule has 1 unspecified atom stereocenters. The number of rotatable bonds is 2. The molecule has 2 N–H and O–H groups in total. The summed E-state index contributed by atoms with van der Waals surface area (Å²) in [7, 11) is 0. The molecule has 1 atom stereocenters. The van der Waals surface area contributed by atoms with Gasteiger partial charge in [0.1, 0.15) is 17.7 Å². The van der Waals surface area contributed by atoms with Crippen LogP contribution in [0, 0.1) is 5.82 Å². The maximum Gasteiger partial charge on any atom is 0.123 e. The van der Waals surface area contributed by atoms with Crippen LogP contribution in [0.5, 0.6) is 5.75 Å². The zero-order chi connectivity index (χ0) is 13.2. The number of anilines is 1. The molecule has 0 saturated carbocycles. The Bertz CT molecular complexity index is 597. The van der Waals surface area contributed by atoms with Gasteiger partial charge in [-0.2, -0.15) is 0 Å². The minimum atomic E-state index is -0.201. The number of hydrogen-bond acceptors (Lipinski definition) is 2. The Morgan fingerprint density at radius 1 is 1.21 bits per heavy atom. The van der Waals surface area contributed by atoms with Gasteiger partial charge in [0.2, 0.25) is 0 Å². The lowest BCUT2D eigenvalue weighted by Gasteiger charge is -2.26. The van der Waals surface area contributed by atoms with Gasteiger partial charge in [-0.25, -0.2) is 4.39 Å². The zero-order valence-corrected chi connectivity index (χ0v) is 10.6. The summed E-state index contributed by atoms with van der Waals surface area (Å²) in [5.41, 5.74) is 8.81. The average molecular weight is 257 g/mol. The number of hydrogen-bond donors (Lipinski definition) is 1. The summed E-state index contributed by atoms with van der Waals surface area (Å²) in [6.07, 6.45) is 2.65. The quantitative estimate of drug-likeness (QED) is 0.837. The molecule has 1 heterocycles. The SMILES string of the molecule is Nc1ccccc1CC1CCc2cc(F)ccc2O1. The summed E-state index contributed by atoms with van der Waals surface area (Å²) < 4.78 is 19.0. The molecular formula is C16H16FNO. The summed E-state index contributed by atoms with van der Waals surface area (Å²) in [5, 5.41) is 0. The molecule has 3 heteroatoms. The lowest BCUT2D eigenvalue weighted by Crippen LogP contribution is -2.25. The zero-order valence-electron chi connectivity index (χ0n) is 10.6. The third-order valence-corrected chi connectivity index (χ3v) is 3.55. The highest BCUT2D eigenvalue weighted by atomic mass is 19.1. The van der Waals surface area contributed by atoms with Crippen LogP contribution >= 0.6 is 0 Å². The van der Waals surface area contributed by atoms with Crippen LogP contribution in [0.3, 0.4) is 0 Å². The Labute approximate surface area is 112 Å². The standard InChI is InChI=1S/C16H16FNO/c17-13-6-8-16-12(9-13)5-7-14(19-16)10-11-3-1-2-4-15(11)18/h1-4,6,8-9,14H,5,7,10,18H2. The number of aryl methyl sites for hydroxylation is 1. The lowest BCUT2D eigenvalue weighted by molar-refractivity contribution is 0.173. The predicted octanol–water partition coefficient (Wildman–Crippen LogP) is 3.34. The van der Waals surface area contributed by atoms with Crippen LogP contribution < -0.4 is 10.5 Å². The molecule has 2 nitrogen and oxygen atoms in total. The summed E-state index contributed by atoms with van der Waals surface area (Å²) in [6, 6.07) is 12.6. The molecule has 1 aliphatic heterocycles. The summed E-state index contributed by atoms with van der Waals surface area (Å²) in [6.45, 7) is 0. The van der Waals surface area contributed by atoms with E-state index in [-0.39, 0.29) is 11.9 Å². The molecule has 0 spiro atoms. The molecule has 0 bridgehead atoms. The first-order chi connectivity index (χ1) is 9.22. The molecular weight excluding hydrogens is 241 g/mol. The Morgan fingerprint density at radius 2 is 2.05 bits per heavy atom.